The van der Waals surface area contributed by atoms with E-state index in [0.29, 0.717) is 11.0 Å². The highest BCUT2D eigenvalue weighted by Crippen LogP contribution is 2.19. The first-order chi connectivity index (χ1) is 11.2. The number of amides is 1. The summed E-state index contributed by atoms with van der Waals surface area (Å²) in [5.74, 6) is 0.888. The number of hydrogen-bond acceptors (Lipinski definition) is 4. The third-order valence-corrected chi connectivity index (χ3v) is 4.03. The summed E-state index contributed by atoms with van der Waals surface area (Å²) in [5, 5.41) is 10.4. The van der Waals surface area contributed by atoms with Crippen LogP contribution in [0, 0.1) is 6.92 Å². The van der Waals surface area contributed by atoms with Gasteiger partial charge < -0.3 is 5.32 Å². The van der Waals surface area contributed by atoms with Crippen molar-refractivity contribution in [3.63, 3.8) is 0 Å². The molecule has 2 aromatic carbocycles. The first-order valence-corrected chi connectivity index (χ1v) is 8.16. The Bertz CT molecular complexity index is 784. The molecule has 23 heavy (non-hydrogen) atoms. The van der Waals surface area contributed by atoms with Crippen molar-refractivity contribution in [2.24, 2.45) is 0 Å². The molecule has 6 heteroatoms. The number of carbonyl (C=O) groups excluding carboxylic acids is 1. The van der Waals surface area contributed by atoms with Crippen LogP contribution < -0.4 is 5.32 Å². The summed E-state index contributed by atoms with van der Waals surface area (Å²) in [6, 6.07) is 17.4. The standard InChI is InChI=1S/C17H16N4OS/c1-12-7-9-13(10-8-12)16-19-17(21-20-16)23-11-15(22)18-14-5-3-2-4-6-14/h2-10H,11H2,1H3,(H,18,22)(H,19,20,21). The lowest BCUT2D eigenvalue weighted by atomic mass is 10.1. The Balaban J connectivity index is 1.57. The van der Waals surface area contributed by atoms with Gasteiger partial charge in [-0.1, -0.05) is 59.8 Å². The molecule has 3 aromatic rings. The molecule has 2 N–H and O–H groups in total. The molecule has 1 heterocycles. The van der Waals surface area contributed by atoms with Gasteiger partial charge in [-0.25, -0.2) is 4.98 Å². The minimum absolute atomic E-state index is 0.0807. The molecule has 0 saturated heterocycles. The lowest BCUT2D eigenvalue weighted by molar-refractivity contribution is -0.113. The van der Waals surface area contributed by atoms with Crippen LogP contribution in [0.4, 0.5) is 5.69 Å². The monoisotopic (exact) mass is 324 g/mol. The zero-order valence-corrected chi connectivity index (χ0v) is 13.4. The maximum Gasteiger partial charge on any atom is 0.234 e. The Morgan fingerprint density at radius 1 is 1.13 bits per heavy atom. The molecular formula is C17H16N4OS. The van der Waals surface area contributed by atoms with Crippen molar-refractivity contribution in [2.75, 3.05) is 11.1 Å². The fourth-order valence-electron chi connectivity index (χ4n) is 2.00. The van der Waals surface area contributed by atoms with Crippen LogP contribution in [-0.4, -0.2) is 26.8 Å². The molecule has 0 atom stereocenters. The number of aromatic nitrogens is 3. The van der Waals surface area contributed by atoms with E-state index in [9.17, 15) is 4.79 Å². The predicted molar refractivity (Wildman–Crippen MR) is 92.4 cm³/mol. The maximum absolute atomic E-state index is 11.9. The van der Waals surface area contributed by atoms with Gasteiger partial charge in [0.05, 0.1) is 5.75 Å². The van der Waals surface area contributed by atoms with Gasteiger partial charge in [-0.05, 0) is 19.1 Å². The summed E-state index contributed by atoms with van der Waals surface area (Å²) in [6.07, 6.45) is 0. The molecule has 0 unspecified atom stereocenters. The summed E-state index contributed by atoms with van der Waals surface area (Å²) in [5.41, 5.74) is 2.96. The Morgan fingerprint density at radius 3 is 2.61 bits per heavy atom. The summed E-state index contributed by atoms with van der Waals surface area (Å²) in [4.78, 5) is 16.3. The fraction of sp³-hybridized carbons (Fsp3) is 0.118. The number of aryl methyl sites for hydroxylation is 1. The minimum atomic E-state index is -0.0807. The van der Waals surface area contributed by atoms with Crippen molar-refractivity contribution < 1.29 is 4.79 Å². The molecule has 116 valence electrons. The first kappa shape index (κ1) is 15.3. The van der Waals surface area contributed by atoms with E-state index in [4.69, 9.17) is 0 Å². The van der Waals surface area contributed by atoms with Crippen molar-refractivity contribution in [3.8, 4) is 11.4 Å². The molecule has 0 spiro atoms. The summed E-state index contributed by atoms with van der Waals surface area (Å²) >= 11 is 1.30. The number of para-hydroxylation sites is 1. The second-order valence-corrected chi connectivity index (χ2v) is 5.98. The van der Waals surface area contributed by atoms with E-state index < -0.39 is 0 Å². The molecule has 5 nitrogen and oxygen atoms in total. The summed E-state index contributed by atoms with van der Waals surface area (Å²) in [7, 11) is 0. The number of nitrogens with one attached hydrogen (secondary N) is 2. The van der Waals surface area contributed by atoms with Crippen LogP contribution in [0.3, 0.4) is 0 Å². The van der Waals surface area contributed by atoms with E-state index in [1.54, 1.807) is 0 Å². The van der Waals surface area contributed by atoms with E-state index >= 15 is 0 Å². The first-order valence-electron chi connectivity index (χ1n) is 7.18. The average Bonchev–Trinajstić information content (AvgIpc) is 3.04. The van der Waals surface area contributed by atoms with Gasteiger partial charge in [-0.3, -0.25) is 9.89 Å². The second-order valence-electron chi connectivity index (χ2n) is 5.04. The SMILES string of the molecule is Cc1ccc(-c2nc(SCC(=O)Nc3ccccc3)n[nH]2)cc1. The zero-order chi connectivity index (χ0) is 16.1. The summed E-state index contributed by atoms with van der Waals surface area (Å²) in [6.45, 7) is 2.04. The Kier molecular flexibility index (Phi) is 4.73. The number of anilines is 1. The summed E-state index contributed by atoms with van der Waals surface area (Å²) < 4.78 is 0. The third kappa shape index (κ3) is 4.20. The van der Waals surface area contributed by atoms with E-state index in [-0.39, 0.29) is 11.7 Å². The number of nitrogens with zero attached hydrogens (tertiary/aromatic N) is 2. The van der Waals surface area contributed by atoms with Crippen molar-refractivity contribution in [1.82, 2.24) is 15.2 Å². The predicted octanol–water partition coefficient (Wildman–Crippen LogP) is 3.51. The van der Waals surface area contributed by atoms with E-state index in [1.165, 1.54) is 17.3 Å². The van der Waals surface area contributed by atoms with Gasteiger partial charge in [0.25, 0.3) is 0 Å². The van der Waals surface area contributed by atoms with Gasteiger partial charge in [0.1, 0.15) is 0 Å². The van der Waals surface area contributed by atoms with Gasteiger partial charge in [-0.15, -0.1) is 5.10 Å². The molecule has 0 bridgehead atoms. The molecule has 0 aliphatic rings. The number of benzene rings is 2. The topological polar surface area (TPSA) is 70.7 Å². The average molecular weight is 324 g/mol. The highest BCUT2D eigenvalue weighted by molar-refractivity contribution is 7.99. The molecular weight excluding hydrogens is 308 g/mol. The molecule has 3 rings (SSSR count). The van der Waals surface area contributed by atoms with Crippen LogP contribution in [0.25, 0.3) is 11.4 Å². The number of carbonyl (C=O) groups is 1. The normalized spacial score (nSPS) is 10.5. The van der Waals surface area contributed by atoms with E-state index in [0.717, 1.165) is 11.3 Å². The number of H-pyrrole nitrogens is 1. The molecule has 0 aliphatic carbocycles. The maximum atomic E-state index is 11.9. The van der Waals surface area contributed by atoms with Crippen LogP contribution >= 0.6 is 11.8 Å². The second kappa shape index (κ2) is 7.11. The van der Waals surface area contributed by atoms with Crippen LogP contribution in [0.5, 0.6) is 0 Å². The zero-order valence-electron chi connectivity index (χ0n) is 12.6. The van der Waals surface area contributed by atoms with Crippen molar-refractivity contribution in [3.05, 3.63) is 60.2 Å². The molecule has 1 aromatic heterocycles. The minimum Gasteiger partial charge on any atom is -0.325 e. The lowest BCUT2D eigenvalue weighted by Crippen LogP contribution is -2.13. The van der Waals surface area contributed by atoms with Gasteiger partial charge in [0, 0.05) is 11.3 Å². The van der Waals surface area contributed by atoms with Gasteiger partial charge >= 0.3 is 0 Å². The number of rotatable bonds is 5. The van der Waals surface area contributed by atoms with E-state index in [2.05, 4.69) is 20.5 Å². The highest BCUT2D eigenvalue weighted by atomic mass is 32.2. The Morgan fingerprint density at radius 2 is 1.87 bits per heavy atom. The van der Waals surface area contributed by atoms with Crippen LogP contribution in [0.1, 0.15) is 5.56 Å². The molecule has 0 aliphatic heterocycles. The third-order valence-electron chi connectivity index (χ3n) is 3.18. The smallest absolute Gasteiger partial charge is 0.234 e. The van der Waals surface area contributed by atoms with Crippen molar-refractivity contribution >= 4 is 23.4 Å². The van der Waals surface area contributed by atoms with Crippen LogP contribution in [0.2, 0.25) is 0 Å². The van der Waals surface area contributed by atoms with Gasteiger partial charge in [0.15, 0.2) is 5.82 Å². The Labute approximate surface area is 138 Å². The largest absolute Gasteiger partial charge is 0.325 e. The van der Waals surface area contributed by atoms with Crippen LogP contribution in [-0.2, 0) is 4.79 Å². The number of thioether (sulfide) groups is 1. The number of hydrogen-bond donors (Lipinski definition) is 2. The lowest BCUT2D eigenvalue weighted by Gasteiger charge is -2.02. The highest BCUT2D eigenvalue weighted by Gasteiger charge is 2.09. The van der Waals surface area contributed by atoms with Crippen molar-refractivity contribution in [1.29, 1.82) is 0 Å². The van der Waals surface area contributed by atoms with E-state index in [1.807, 2.05) is 61.5 Å². The Hall–Kier alpha value is -2.60. The van der Waals surface area contributed by atoms with Gasteiger partial charge in [0.2, 0.25) is 11.1 Å². The molecule has 0 fully saturated rings. The number of aromatic amines is 1. The quantitative estimate of drug-likeness (QED) is 0.705. The molecule has 0 saturated carbocycles. The fourth-order valence-corrected chi connectivity index (χ4v) is 2.60. The molecule has 0 radical (unpaired) electrons. The van der Waals surface area contributed by atoms with Crippen LogP contribution in [0.15, 0.2) is 59.8 Å². The molecule has 1 amide bonds. The van der Waals surface area contributed by atoms with Crippen molar-refractivity contribution in [2.45, 2.75) is 12.1 Å². The van der Waals surface area contributed by atoms with Gasteiger partial charge in [-0.2, -0.15) is 0 Å².